The minimum atomic E-state index is -2.40. The van der Waals surface area contributed by atoms with Crippen molar-refractivity contribution in [2.75, 3.05) is 39.6 Å². The van der Waals surface area contributed by atoms with Gasteiger partial charge in [0.05, 0.1) is 51.8 Å². The summed E-state index contributed by atoms with van der Waals surface area (Å²) in [5.74, 6) is -2.66. The molecule has 8 fully saturated rings. The fourth-order valence-corrected chi connectivity index (χ4v) is 12.5. The predicted octanol–water partition coefficient (Wildman–Crippen LogP) is -16.0. The summed E-state index contributed by atoms with van der Waals surface area (Å²) < 4.78 is 89.4. The van der Waals surface area contributed by atoms with Crippen molar-refractivity contribution in [2.24, 2.45) is 0 Å². The molecule has 0 aromatic carbocycles. The van der Waals surface area contributed by atoms with E-state index in [9.17, 15) is 122 Å². The molecule has 8 saturated heterocycles. The third-order valence-corrected chi connectivity index (χ3v) is 17.8. The number of rotatable bonds is 23. The van der Waals surface area contributed by atoms with Crippen molar-refractivity contribution < 1.29 is 193 Å². The Morgan fingerprint density at radius 3 is 1.00 bits per heavy atom. The molecule has 0 aliphatic carbocycles. The van der Waals surface area contributed by atoms with Crippen molar-refractivity contribution in [3.8, 4) is 0 Å². The molecule has 3 amide bonds. The van der Waals surface area contributed by atoms with Gasteiger partial charge in [-0.1, -0.05) is 0 Å². The predicted molar refractivity (Wildman–Crippen MR) is 296 cm³/mol. The van der Waals surface area contributed by atoms with Gasteiger partial charge >= 0.3 is 0 Å². The fourth-order valence-electron chi connectivity index (χ4n) is 12.5. The first-order chi connectivity index (χ1) is 45.3. The van der Waals surface area contributed by atoms with E-state index >= 15 is 0 Å². The topological polar surface area (TPSA) is 651 Å². The second-order valence-electron chi connectivity index (χ2n) is 24.6. The summed E-state index contributed by atoms with van der Waals surface area (Å²) in [6.45, 7) is -0.733. The lowest BCUT2D eigenvalue weighted by Crippen LogP contribution is -2.72. The van der Waals surface area contributed by atoms with E-state index in [1.807, 2.05) is 0 Å². The number of carbonyl (C=O) groups excluding carboxylic acids is 3. The summed E-state index contributed by atoms with van der Waals surface area (Å²) in [5, 5.41) is 237. The molecule has 0 spiro atoms. The van der Waals surface area contributed by atoms with Crippen LogP contribution in [0.15, 0.2) is 0 Å². The molecular weight excluding hydrogens is 1310 g/mol. The molecule has 0 radical (unpaired) electrons. The quantitative estimate of drug-likeness (QED) is 0.0452. The number of ether oxygens (including phenoxy) is 15. The van der Waals surface area contributed by atoms with Gasteiger partial charge < -0.3 is 194 Å². The van der Waals surface area contributed by atoms with Crippen LogP contribution in [0.25, 0.3) is 0 Å². The molecule has 8 aliphatic heterocycles. The highest BCUT2D eigenvalue weighted by atomic mass is 16.8. The van der Waals surface area contributed by atoms with Crippen LogP contribution in [-0.4, -0.2) is 410 Å². The van der Waals surface area contributed by atoms with E-state index in [0.29, 0.717) is 0 Å². The smallest absolute Gasteiger partial charge is 0.217 e. The van der Waals surface area contributed by atoms with Crippen LogP contribution in [0.1, 0.15) is 34.6 Å². The third-order valence-electron chi connectivity index (χ3n) is 17.8. The summed E-state index contributed by atoms with van der Waals surface area (Å²) in [6.07, 6.45) is -72.0. The van der Waals surface area contributed by atoms with Gasteiger partial charge in [-0.2, -0.15) is 0 Å². The maximum Gasteiger partial charge on any atom is 0.217 e. The largest absolute Gasteiger partial charge is 0.394 e. The second kappa shape index (κ2) is 33.8. The maximum absolute atomic E-state index is 13.3. The van der Waals surface area contributed by atoms with E-state index in [-0.39, 0.29) is 0 Å². The van der Waals surface area contributed by atoms with Gasteiger partial charge in [-0.25, -0.2) is 0 Å². The zero-order valence-electron chi connectivity index (χ0n) is 52.1. The van der Waals surface area contributed by atoms with Gasteiger partial charge in [-0.05, 0) is 13.8 Å². The van der Waals surface area contributed by atoms with Gasteiger partial charge in [0.15, 0.2) is 50.3 Å². The Morgan fingerprint density at radius 1 is 0.292 bits per heavy atom. The number of hydrogen-bond acceptors (Lipinski definition) is 39. The van der Waals surface area contributed by atoms with E-state index in [2.05, 4.69) is 16.0 Å². The maximum atomic E-state index is 13.3. The van der Waals surface area contributed by atoms with Gasteiger partial charge in [0.1, 0.15) is 183 Å². The second-order valence-corrected chi connectivity index (χ2v) is 24.6. The minimum absolute atomic E-state index is 0.810. The summed E-state index contributed by atoms with van der Waals surface area (Å²) >= 11 is 0. The van der Waals surface area contributed by atoms with Crippen LogP contribution >= 0.6 is 0 Å². The lowest BCUT2D eigenvalue weighted by Gasteiger charge is -2.52. The Bertz CT molecular complexity index is 2470. The summed E-state index contributed by atoms with van der Waals surface area (Å²) in [7, 11) is 0. The third kappa shape index (κ3) is 17.0. The number of amides is 3. The highest BCUT2D eigenvalue weighted by molar-refractivity contribution is 5.74. The van der Waals surface area contributed by atoms with Gasteiger partial charge in [0, 0.05) is 20.8 Å². The highest BCUT2D eigenvalue weighted by Crippen LogP contribution is 2.39. The molecular formula is C54H91N3O39. The standard InChI is InChI=1S/C54H91N3O39/c1-12-26(66)32(72)36(76)50(83-12)94-44-24(56-15(4)64)48(82-11-22-31(71)43(23(47(81)85-22)55-14(3)63)93-53-39(79)35(75)29(69)18(7-59)87-53)89-20(9-61)41(44)92-54-40(80)46(30(70)19(8-60)88-54)96-49-25(57-16(5)65)45(95-51-37(77)33(73)27(67)13(2)84-51)42(21(10-62)90-49)91-52-38(78)34(74)28(68)17(6-58)86-52/h12-13,17-54,58-62,66-81H,6-11H2,1-5H3,(H,55,63)(H,56,64)(H,57,65)/t12-,13-,17+,18+,19+,20+,21+,22+,23+,24+,25+,26+,27+,28-,29-,30-,31-,32+,33+,34-,35-,36-,37-,38+,39+,40+,41+,42+,43+,44+,45+,46-,47-,48+,49-,50-,51-,52-,53-,54-/m0/s1. The van der Waals surface area contributed by atoms with Crippen LogP contribution in [-0.2, 0) is 85.4 Å². The Morgan fingerprint density at radius 2 is 0.594 bits per heavy atom. The summed E-state index contributed by atoms with van der Waals surface area (Å²) in [4.78, 5) is 38.9. The number of hydrogen-bond donors (Lipinski definition) is 24. The fraction of sp³-hybridized carbons (Fsp3) is 0.944. The first-order valence-electron chi connectivity index (χ1n) is 30.8. The lowest BCUT2D eigenvalue weighted by molar-refractivity contribution is -0.395. The normalized spacial score (nSPS) is 50.3. The molecule has 0 unspecified atom stereocenters. The molecule has 42 heteroatoms. The van der Waals surface area contributed by atoms with Crippen LogP contribution in [0.3, 0.4) is 0 Å². The van der Waals surface area contributed by atoms with Gasteiger partial charge in [0.2, 0.25) is 17.7 Å². The molecule has 0 saturated carbocycles. The Kier molecular flexibility index (Phi) is 27.7. The van der Waals surface area contributed by atoms with Crippen molar-refractivity contribution in [1.29, 1.82) is 0 Å². The Labute approximate surface area is 545 Å². The summed E-state index contributed by atoms with van der Waals surface area (Å²) in [5.41, 5.74) is 0. The highest BCUT2D eigenvalue weighted by Gasteiger charge is 2.60. The van der Waals surface area contributed by atoms with E-state index in [4.69, 9.17) is 71.1 Å². The van der Waals surface area contributed by atoms with Gasteiger partial charge in [-0.15, -0.1) is 0 Å². The van der Waals surface area contributed by atoms with E-state index in [1.165, 1.54) is 13.8 Å². The Balaban J connectivity index is 1.11. The van der Waals surface area contributed by atoms with E-state index in [0.717, 1.165) is 20.8 Å². The first kappa shape index (κ1) is 78.7. The average Bonchev–Trinajstić information content (AvgIpc) is 0.767. The minimum Gasteiger partial charge on any atom is -0.394 e. The molecule has 0 bridgehead atoms. The Hall–Kier alpha value is -3.03. The van der Waals surface area contributed by atoms with Crippen LogP contribution < -0.4 is 16.0 Å². The number of carbonyl (C=O) groups is 3. The SMILES string of the molecule is CC(=O)N[C@@H]1[C@@H](O[C@@H]2O[C@H](CO)[C@H](O)[C@H](O)[C@H]2O)[C@@H](O)[C@@H](CO[C@@H]2O[C@H](CO)[C@@H](O[C@@H]3O[C@H](CO)[C@H](O)[C@H](O[C@@H]4O[C@H](CO)[C@@H](O[C@@H]5O[C@H](CO)[C@H](O)[C@H](O)[C@H]5O)[C@H](O[C@@H]5O[C@@H](C)[C@@H](O)[C@@H](O)[C@@H]5O)[C@H]4NC(C)=O)[C@H]3O)[C@H](O[C@@H]3O[C@@H](C)[C@@H](O)[C@@H](O)[C@@H]3O)[C@H]2NC(C)=O)O[C@@H]1O. The van der Waals surface area contributed by atoms with Crippen LogP contribution in [0.5, 0.6) is 0 Å². The van der Waals surface area contributed by atoms with E-state index in [1.54, 1.807) is 0 Å². The average molecular weight is 1410 g/mol. The van der Waals surface area contributed by atoms with Crippen molar-refractivity contribution in [3.63, 3.8) is 0 Å². The van der Waals surface area contributed by atoms with Crippen molar-refractivity contribution in [3.05, 3.63) is 0 Å². The molecule has 0 aromatic heterocycles. The molecule has 8 rings (SSSR count). The van der Waals surface area contributed by atoms with Crippen LogP contribution in [0.4, 0.5) is 0 Å². The van der Waals surface area contributed by atoms with E-state index < -0.39 is 303 Å². The van der Waals surface area contributed by atoms with Gasteiger partial charge in [0.25, 0.3) is 0 Å². The van der Waals surface area contributed by atoms with Crippen LogP contribution in [0, 0.1) is 0 Å². The molecule has 8 aliphatic rings. The molecule has 42 nitrogen and oxygen atoms in total. The van der Waals surface area contributed by atoms with Crippen molar-refractivity contribution in [2.45, 2.75) is 280 Å². The zero-order chi connectivity index (χ0) is 70.8. The summed E-state index contributed by atoms with van der Waals surface area (Å²) in [6, 6.07) is -5.45. The molecule has 0 aromatic rings. The lowest BCUT2D eigenvalue weighted by atomic mass is 9.93. The monoisotopic (exact) mass is 1410 g/mol. The number of aliphatic hydroxyl groups is 21. The number of nitrogens with one attached hydrogen (secondary N) is 3. The van der Waals surface area contributed by atoms with Crippen LogP contribution in [0.2, 0.25) is 0 Å². The molecule has 96 heavy (non-hydrogen) atoms. The van der Waals surface area contributed by atoms with Gasteiger partial charge in [-0.3, -0.25) is 14.4 Å². The number of aliphatic hydroxyl groups excluding tert-OH is 21. The molecule has 40 atom stereocenters. The zero-order valence-corrected chi connectivity index (χ0v) is 52.1. The van der Waals surface area contributed by atoms with Crippen molar-refractivity contribution >= 4 is 17.7 Å². The molecule has 24 N–H and O–H groups in total. The van der Waals surface area contributed by atoms with Crippen molar-refractivity contribution in [1.82, 2.24) is 16.0 Å². The molecule has 8 heterocycles. The molecule has 556 valence electrons. The first-order valence-corrected chi connectivity index (χ1v) is 30.8.